The predicted octanol–water partition coefficient (Wildman–Crippen LogP) is 3.98. The number of nitrogens with two attached hydrogens (primary N) is 1. The van der Waals surface area contributed by atoms with Crippen molar-refractivity contribution in [3.8, 4) is 0 Å². The van der Waals surface area contributed by atoms with E-state index in [4.69, 9.17) is 10.5 Å². The van der Waals surface area contributed by atoms with Crippen LogP contribution in [0.2, 0.25) is 0 Å². The van der Waals surface area contributed by atoms with Crippen molar-refractivity contribution in [3.05, 3.63) is 28.2 Å². The minimum absolute atomic E-state index is 0.177. The lowest BCUT2D eigenvalue weighted by atomic mass is 10.1. The summed E-state index contributed by atoms with van der Waals surface area (Å²) in [6.07, 6.45) is 3.17. The van der Waals surface area contributed by atoms with Crippen LogP contribution < -0.4 is 10.6 Å². The molecule has 0 aliphatic carbocycles. The van der Waals surface area contributed by atoms with Crippen molar-refractivity contribution in [3.63, 3.8) is 0 Å². The Morgan fingerprint density at radius 3 is 2.43 bits per heavy atom. The van der Waals surface area contributed by atoms with E-state index in [2.05, 4.69) is 52.9 Å². The number of rotatable bonds is 9. The first kappa shape index (κ1) is 18.5. The maximum absolute atomic E-state index is 5.90. The second kappa shape index (κ2) is 9.44. The third-order valence-electron chi connectivity index (χ3n) is 3.83. The number of halogens is 1. The van der Waals surface area contributed by atoms with Gasteiger partial charge in [-0.1, -0.05) is 35.8 Å². The molecular weight excluding hydrogens is 328 g/mol. The minimum atomic E-state index is 0.177. The van der Waals surface area contributed by atoms with Crippen LogP contribution in [0.4, 0.5) is 5.69 Å². The van der Waals surface area contributed by atoms with Gasteiger partial charge in [-0.15, -0.1) is 0 Å². The van der Waals surface area contributed by atoms with Crippen LogP contribution in [0.15, 0.2) is 22.7 Å². The number of benzene rings is 1. The van der Waals surface area contributed by atoms with Gasteiger partial charge in [0.25, 0.3) is 0 Å². The highest BCUT2D eigenvalue weighted by molar-refractivity contribution is 9.10. The van der Waals surface area contributed by atoms with Gasteiger partial charge in [-0.2, -0.15) is 0 Å². The van der Waals surface area contributed by atoms with Crippen LogP contribution in [0, 0.1) is 0 Å². The topological polar surface area (TPSA) is 38.5 Å². The van der Waals surface area contributed by atoms with E-state index in [9.17, 15) is 0 Å². The number of nitrogens with zero attached hydrogens (tertiary/aromatic N) is 1. The van der Waals surface area contributed by atoms with Gasteiger partial charge in [-0.3, -0.25) is 0 Å². The fourth-order valence-corrected chi connectivity index (χ4v) is 3.20. The Hall–Kier alpha value is -0.580. The number of ether oxygens (including phenoxy) is 1. The fourth-order valence-electron chi connectivity index (χ4n) is 2.67. The Bertz CT molecular complexity index is 419. The molecule has 0 saturated carbocycles. The van der Waals surface area contributed by atoms with Crippen molar-refractivity contribution in [2.45, 2.75) is 52.1 Å². The Labute approximate surface area is 138 Å². The zero-order valence-electron chi connectivity index (χ0n) is 13.7. The lowest BCUT2D eigenvalue weighted by Crippen LogP contribution is -2.37. The second-order valence-corrected chi connectivity index (χ2v) is 6.47. The molecule has 4 heteroatoms. The van der Waals surface area contributed by atoms with E-state index in [1.54, 1.807) is 7.11 Å². The quantitative estimate of drug-likeness (QED) is 0.727. The third kappa shape index (κ3) is 5.61. The highest BCUT2D eigenvalue weighted by Gasteiger charge is 2.16. The van der Waals surface area contributed by atoms with E-state index in [0.29, 0.717) is 6.04 Å². The Kier molecular flexibility index (Phi) is 8.30. The molecule has 1 rings (SSSR count). The molecule has 0 aromatic heterocycles. The molecule has 3 nitrogen and oxygen atoms in total. The standard InChI is InChI=1S/C17H29BrN2O/c1-5-15(6-2)20(9-10-21-4)16-8-7-14(11-13(3)19)17(18)12-16/h7-8,12-13,15H,5-6,9-11,19H2,1-4H3. The fraction of sp³-hybridized carbons (Fsp3) is 0.647. The van der Waals surface area contributed by atoms with Gasteiger partial charge in [-0.05, 0) is 43.9 Å². The van der Waals surface area contributed by atoms with E-state index in [1.165, 1.54) is 11.3 Å². The van der Waals surface area contributed by atoms with Gasteiger partial charge in [0.15, 0.2) is 0 Å². The molecule has 1 aromatic rings. The first-order valence-electron chi connectivity index (χ1n) is 7.83. The van der Waals surface area contributed by atoms with Gasteiger partial charge in [0.2, 0.25) is 0 Å². The molecule has 1 unspecified atom stereocenters. The second-order valence-electron chi connectivity index (χ2n) is 5.61. The monoisotopic (exact) mass is 356 g/mol. The molecule has 0 aliphatic rings. The summed E-state index contributed by atoms with van der Waals surface area (Å²) in [5, 5.41) is 0. The maximum atomic E-state index is 5.90. The van der Waals surface area contributed by atoms with Crippen LogP contribution in [0.5, 0.6) is 0 Å². The van der Waals surface area contributed by atoms with E-state index in [1.807, 2.05) is 6.92 Å². The van der Waals surface area contributed by atoms with Crippen LogP contribution in [-0.2, 0) is 11.2 Å². The summed E-state index contributed by atoms with van der Waals surface area (Å²) < 4.78 is 6.41. The Balaban J connectivity index is 2.98. The summed E-state index contributed by atoms with van der Waals surface area (Å²) in [6, 6.07) is 7.33. The van der Waals surface area contributed by atoms with E-state index < -0.39 is 0 Å². The van der Waals surface area contributed by atoms with Crippen molar-refractivity contribution < 1.29 is 4.74 Å². The molecule has 0 amide bonds. The molecule has 1 atom stereocenters. The van der Waals surface area contributed by atoms with Crippen molar-refractivity contribution >= 4 is 21.6 Å². The van der Waals surface area contributed by atoms with Crippen LogP contribution >= 0.6 is 15.9 Å². The molecular formula is C17H29BrN2O. The third-order valence-corrected chi connectivity index (χ3v) is 4.57. The number of hydrogen-bond acceptors (Lipinski definition) is 3. The largest absolute Gasteiger partial charge is 0.383 e. The molecule has 0 bridgehead atoms. The summed E-state index contributed by atoms with van der Waals surface area (Å²) in [7, 11) is 1.76. The van der Waals surface area contributed by atoms with E-state index in [0.717, 1.165) is 36.9 Å². The molecule has 120 valence electrons. The molecule has 0 aliphatic heterocycles. The maximum Gasteiger partial charge on any atom is 0.0637 e. The SMILES string of the molecule is CCC(CC)N(CCOC)c1ccc(CC(C)N)c(Br)c1. The summed E-state index contributed by atoms with van der Waals surface area (Å²) in [4.78, 5) is 2.45. The molecule has 0 radical (unpaired) electrons. The highest BCUT2D eigenvalue weighted by Crippen LogP contribution is 2.27. The molecule has 0 saturated heterocycles. The van der Waals surface area contributed by atoms with Crippen LogP contribution in [0.1, 0.15) is 39.2 Å². The number of hydrogen-bond donors (Lipinski definition) is 1. The summed E-state index contributed by atoms with van der Waals surface area (Å²) in [5.41, 5.74) is 8.42. The van der Waals surface area contributed by atoms with E-state index in [-0.39, 0.29) is 6.04 Å². The van der Waals surface area contributed by atoms with Crippen molar-refractivity contribution in [1.82, 2.24) is 0 Å². The van der Waals surface area contributed by atoms with Gasteiger partial charge in [0.1, 0.15) is 0 Å². The van der Waals surface area contributed by atoms with Gasteiger partial charge in [0, 0.05) is 35.9 Å². The van der Waals surface area contributed by atoms with Gasteiger partial charge in [-0.25, -0.2) is 0 Å². The summed E-state index contributed by atoms with van der Waals surface area (Å²) >= 11 is 3.69. The predicted molar refractivity (Wildman–Crippen MR) is 95.1 cm³/mol. The van der Waals surface area contributed by atoms with Crippen molar-refractivity contribution in [1.29, 1.82) is 0 Å². The first-order valence-corrected chi connectivity index (χ1v) is 8.62. The number of anilines is 1. The van der Waals surface area contributed by atoms with Gasteiger partial charge in [0.05, 0.1) is 6.61 Å². The molecule has 1 aromatic carbocycles. The van der Waals surface area contributed by atoms with Crippen LogP contribution in [0.25, 0.3) is 0 Å². The average molecular weight is 357 g/mol. The summed E-state index contributed by atoms with van der Waals surface area (Å²) in [5.74, 6) is 0. The Morgan fingerprint density at radius 2 is 1.95 bits per heavy atom. The van der Waals surface area contributed by atoms with E-state index >= 15 is 0 Å². The molecule has 0 heterocycles. The lowest BCUT2D eigenvalue weighted by molar-refractivity contribution is 0.202. The zero-order valence-corrected chi connectivity index (χ0v) is 15.3. The zero-order chi connectivity index (χ0) is 15.8. The van der Waals surface area contributed by atoms with Crippen molar-refractivity contribution in [2.24, 2.45) is 5.73 Å². The van der Waals surface area contributed by atoms with Crippen LogP contribution in [-0.4, -0.2) is 32.3 Å². The van der Waals surface area contributed by atoms with Gasteiger partial charge < -0.3 is 15.4 Å². The molecule has 0 fully saturated rings. The van der Waals surface area contributed by atoms with Gasteiger partial charge >= 0.3 is 0 Å². The molecule has 21 heavy (non-hydrogen) atoms. The minimum Gasteiger partial charge on any atom is -0.383 e. The van der Waals surface area contributed by atoms with Crippen molar-refractivity contribution in [2.75, 3.05) is 25.2 Å². The molecule has 0 spiro atoms. The highest BCUT2D eigenvalue weighted by atomic mass is 79.9. The first-order chi connectivity index (χ1) is 10.0. The Morgan fingerprint density at radius 1 is 1.29 bits per heavy atom. The number of methoxy groups -OCH3 is 1. The summed E-state index contributed by atoms with van der Waals surface area (Å²) in [6.45, 7) is 8.19. The average Bonchev–Trinajstić information content (AvgIpc) is 2.45. The lowest BCUT2D eigenvalue weighted by Gasteiger charge is -2.33. The smallest absolute Gasteiger partial charge is 0.0637 e. The van der Waals surface area contributed by atoms with Crippen LogP contribution in [0.3, 0.4) is 0 Å². The molecule has 2 N–H and O–H groups in total. The normalized spacial score (nSPS) is 12.7.